The number of carbonyl (C=O) groups is 1. The maximum absolute atomic E-state index is 13.6. The fourth-order valence-corrected chi connectivity index (χ4v) is 3.67. The van der Waals surface area contributed by atoms with Gasteiger partial charge in [0.05, 0.1) is 0 Å². The molecule has 0 unspecified atom stereocenters. The number of rotatable bonds is 3. The standard InChI is InChI=1S/C19H25FN2O4S/c1-6-15-11-16(14(2)17(12-15)27(20,24)25)13-21-7-9-22(10-8-21)18(23)26-19(3,4)5/h1,11-12H,7-10,13H2,2-5H3. The number of piperazine rings is 1. The number of ether oxygens (including phenoxy) is 1. The lowest BCUT2D eigenvalue weighted by atomic mass is 10.0. The van der Waals surface area contributed by atoms with Crippen molar-refractivity contribution in [1.29, 1.82) is 0 Å². The summed E-state index contributed by atoms with van der Waals surface area (Å²) in [5.74, 6) is 2.37. The smallest absolute Gasteiger partial charge is 0.410 e. The van der Waals surface area contributed by atoms with E-state index in [0.717, 1.165) is 0 Å². The van der Waals surface area contributed by atoms with E-state index in [-0.39, 0.29) is 11.0 Å². The van der Waals surface area contributed by atoms with E-state index in [1.807, 2.05) is 20.8 Å². The first kappa shape index (κ1) is 21.2. The molecule has 1 fully saturated rings. The molecule has 0 N–H and O–H groups in total. The molecule has 1 aromatic rings. The van der Waals surface area contributed by atoms with Gasteiger partial charge in [0, 0.05) is 38.3 Å². The Morgan fingerprint density at radius 2 is 1.85 bits per heavy atom. The number of hydrogen-bond donors (Lipinski definition) is 0. The summed E-state index contributed by atoms with van der Waals surface area (Å²) in [5.41, 5.74) is 0.785. The van der Waals surface area contributed by atoms with Crippen molar-refractivity contribution in [3.05, 3.63) is 28.8 Å². The molecule has 0 atom stereocenters. The molecule has 1 aromatic carbocycles. The second-order valence-electron chi connectivity index (χ2n) is 7.58. The third kappa shape index (κ3) is 5.68. The van der Waals surface area contributed by atoms with Crippen LogP contribution < -0.4 is 0 Å². The van der Waals surface area contributed by atoms with Gasteiger partial charge in [0.15, 0.2) is 0 Å². The zero-order valence-corrected chi connectivity index (χ0v) is 16.9. The Kier molecular flexibility index (Phi) is 6.17. The van der Waals surface area contributed by atoms with Crippen LogP contribution in [0.5, 0.6) is 0 Å². The van der Waals surface area contributed by atoms with Gasteiger partial charge in [-0.1, -0.05) is 5.92 Å². The van der Waals surface area contributed by atoms with E-state index < -0.39 is 15.8 Å². The lowest BCUT2D eigenvalue weighted by Gasteiger charge is -2.35. The molecule has 8 heteroatoms. The first-order valence-corrected chi connectivity index (χ1v) is 10.0. The summed E-state index contributed by atoms with van der Waals surface area (Å²) in [6, 6.07) is 2.87. The van der Waals surface area contributed by atoms with E-state index >= 15 is 0 Å². The van der Waals surface area contributed by atoms with Crippen LogP contribution in [0.4, 0.5) is 8.68 Å². The molecule has 1 amide bonds. The summed E-state index contributed by atoms with van der Waals surface area (Å²) in [6.07, 6.45) is 5.03. The minimum absolute atomic E-state index is 0.319. The number of benzene rings is 1. The average molecular weight is 396 g/mol. The van der Waals surface area contributed by atoms with E-state index in [0.29, 0.717) is 49.4 Å². The van der Waals surface area contributed by atoms with Gasteiger partial charge in [0.25, 0.3) is 0 Å². The van der Waals surface area contributed by atoms with Gasteiger partial charge in [-0.3, -0.25) is 4.90 Å². The zero-order chi connectivity index (χ0) is 20.4. The molecule has 1 aliphatic rings. The fourth-order valence-electron chi connectivity index (χ4n) is 2.90. The van der Waals surface area contributed by atoms with Crippen LogP contribution in [0, 0.1) is 19.3 Å². The van der Waals surface area contributed by atoms with E-state index in [2.05, 4.69) is 10.8 Å². The molecule has 0 spiro atoms. The normalized spacial score (nSPS) is 16.1. The molecule has 148 valence electrons. The van der Waals surface area contributed by atoms with Crippen molar-refractivity contribution < 1.29 is 21.8 Å². The molecule has 6 nitrogen and oxygen atoms in total. The van der Waals surface area contributed by atoms with Gasteiger partial charge in [-0.15, -0.1) is 10.3 Å². The first-order valence-electron chi connectivity index (χ1n) is 8.66. The van der Waals surface area contributed by atoms with Crippen LogP contribution in [0.1, 0.15) is 37.5 Å². The average Bonchev–Trinajstić information content (AvgIpc) is 2.54. The Labute approximate surface area is 160 Å². The monoisotopic (exact) mass is 396 g/mol. The predicted molar refractivity (Wildman–Crippen MR) is 100 cm³/mol. The van der Waals surface area contributed by atoms with Gasteiger partial charge in [0.1, 0.15) is 10.5 Å². The summed E-state index contributed by atoms with van der Waals surface area (Å²) in [6.45, 7) is 9.63. The predicted octanol–water partition coefficient (Wildman–Crippen LogP) is 2.69. The third-order valence-corrected chi connectivity index (χ3v) is 5.26. The molecule has 27 heavy (non-hydrogen) atoms. The number of hydrogen-bond acceptors (Lipinski definition) is 5. The van der Waals surface area contributed by atoms with Crippen LogP contribution in [0.2, 0.25) is 0 Å². The van der Waals surface area contributed by atoms with Crippen molar-refractivity contribution in [1.82, 2.24) is 9.80 Å². The highest BCUT2D eigenvalue weighted by molar-refractivity contribution is 7.86. The number of amides is 1. The van der Waals surface area contributed by atoms with Gasteiger partial charge >= 0.3 is 16.3 Å². The van der Waals surface area contributed by atoms with Crippen molar-refractivity contribution in [2.45, 2.75) is 44.7 Å². The van der Waals surface area contributed by atoms with Gasteiger partial charge in [-0.05, 0) is 51.0 Å². The lowest BCUT2D eigenvalue weighted by Crippen LogP contribution is -2.49. The molecule has 0 aromatic heterocycles. The molecule has 1 aliphatic heterocycles. The highest BCUT2D eigenvalue weighted by Crippen LogP contribution is 2.25. The van der Waals surface area contributed by atoms with Crippen LogP contribution in [0.25, 0.3) is 0 Å². The van der Waals surface area contributed by atoms with Crippen LogP contribution in [-0.4, -0.2) is 56.1 Å². The molecule has 0 aliphatic carbocycles. The number of carbonyl (C=O) groups excluding carboxylic acids is 1. The highest BCUT2D eigenvalue weighted by Gasteiger charge is 2.26. The van der Waals surface area contributed by atoms with E-state index in [9.17, 15) is 17.1 Å². The highest BCUT2D eigenvalue weighted by atomic mass is 32.3. The minimum atomic E-state index is -4.85. The van der Waals surface area contributed by atoms with Crippen molar-refractivity contribution in [3.8, 4) is 12.3 Å². The lowest BCUT2D eigenvalue weighted by molar-refractivity contribution is 0.0139. The van der Waals surface area contributed by atoms with Crippen molar-refractivity contribution in [2.24, 2.45) is 0 Å². The topological polar surface area (TPSA) is 66.9 Å². The van der Waals surface area contributed by atoms with Crippen LogP contribution in [0.3, 0.4) is 0 Å². The van der Waals surface area contributed by atoms with Gasteiger partial charge in [-0.25, -0.2) is 4.79 Å². The Bertz CT molecular complexity index is 861. The van der Waals surface area contributed by atoms with E-state index in [1.54, 1.807) is 17.9 Å². The fraction of sp³-hybridized carbons (Fsp3) is 0.526. The quantitative estimate of drug-likeness (QED) is 0.581. The third-order valence-electron chi connectivity index (χ3n) is 4.31. The second kappa shape index (κ2) is 7.87. The summed E-state index contributed by atoms with van der Waals surface area (Å²) >= 11 is 0. The Hall–Kier alpha value is -2.11. The summed E-state index contributed by atoms with van der Waals surface area (Å²) in [5, 5.41) is 0. The van der Waals surface area contributed by atoms with E-state index in [1.165, 1.54) is 6.07 Å². The molecule has 0 radical (unpaired) electrons. The van der Waals surface area contributed by atoms with Crippen LogP contribution in [-0.2, 0) is 21.5 Å². The minimum Gasteiger partial charge on any atom is -0.444 e. The molecule has 2 rings (SSSR count). The van der Waals surface area contributed by atoms with Gasteiger partial charge < -0.3 is 9.64 Å². The number of terminal acetylenes is 1. The first-order chi connectivity index (χ1) is 12.4. The Balaban J connectivity index is 2.10. The maximum atomic E-state index is 13.6. The molecule has 0 saturated carbocycles. The largest absolute Gasteiger partial charge is 0.444 e. The van der Waals surface area contributed by atoms with Crippen molar-refractivity contribution >= 4 is 16.3 Å². The Morgan fingerprint density at radius 1 is 1.26 bits per heavy atom. The Morgan fingerprint density at radius 3 is 2.33 bits per heavy atom. The molecule has 1 saturated heterocycles. The zero-order valence-electron chi connectivity index (χ0n) is 16.1. The van der Waals surface area contributed by atoms with Crippen LogP contribution >= 0.6 is 0 Å². The van der Waals surface area contributed by atoms with E-state index in [4.69, 9.17) is 11.2 Å². The summed E-state index contributed by atoms with van der Waals surface area (Å²) < 4.78 is 41.7. The number of nitrogens with zero attached hydrogens (tertiary/aromatic N) is 2. The molecule has 0 bridgehead atoms. The molecular formula is C19H25FN2O4S. The van der Waals surface area contributed by atoms with Gasteiger partial charge in [0.2, 0.25) is 0 Å². The SMILES string of the molecule is C#Cc1cc(CN2CCN(C(=O)OC(C)(C)C)CC2)c(C)c(S(=O)(=O)F)c1. The van der Waals surface area contributed by atoms with Crippen molar-refractivity contribution in [3.63, 3.8) is 0 Å². The van der Waals surface area contributed by atoms with Crippen molar-refractivity contribution in [2.75, 3.05) is 26.2 Å². The van der Waals surface area contributed by atoms with Crippen LogP contribution in [0.15, 0.2) is 17.0 Å². The summed E-state index contributed by atoms with van der Waals surface area (Å²) in [7, 11) is -4.85. The number of halogens is 1. The molecule has 1 heterocycles. The maximum Gasteiger partial charge on any atom is 0.410 e. The summed E-state index contributed by atoms with van der Waals surface area (Å²) in [4.78, 5) is 15.4. The van der Waals surface area contributed by atoms with Gasteiger partial charge in [-0.2, -0.15) is 8.42 Å². The second-order valence-corrected chi connectivity index (χ2v) is 8.90. The molecular weight excluding hydrogens is 371 g/mol.